The van der Waals surface area contributed by atoms with Gasteiger partial charge in [-0.1, -0.05) is 6.58 Å². The molecule has 6 nitrogen and oxygen atoms in total. The van der Waals surface area contributed by atoms with Crippen LogP contribution in [0.15, 0.2) is 12.7 Å². The molecule has 0 fully saturated rings. The van der Waals surface area contributed by atoms with E-state index >= 15 is 0 Å². The smallest absolute Gasteiger partial charge is 0.331 e. The van der Waals surface area contributed by atoms with Crippen molar-refractivity contribution in [3.8, 4) is 0 Å². The fraction of sp³-hybridized carbons (Fsp3) is 0.375. The lowest BCUT2D eigenvalue weighted by molar-refractivity contribution is -0.148. The predicted molar refractivity (Wildman–Crippen MR) is 46.9 cm³/mol. The summed E-state index contributed by atoms with van der Waals surface area (Å²) in [7, 11) is 0. The van der Waals surface area contributed by atoms with Gasteiger partial charge in [0.1, 0.15) is 0 Å². The summed E-state index contributed by atoms with van der Waals surface area (Å²) >= 11 is 0. The van der Waals surface area contributed by atoms with E-state index in [1.54, 1.807) is 0 Å². The Morgan fingerprint density at radius 1 is 1.43 bits per heavy atom. The standard InChI is InChI=1S/C8H11NO5/c1-3-5(10)8(2,7(13)14)9-4-6(11)12/h3,9H,1,4H2,2H3,(H,11,12)(H,13,14). The van der Waals surface area contributed by atoms with E-state index < -0.39 is 29.8 Å². The monoisotopic (exact) mass is 201 g/mol. The molecule has 0 rings (SSSR count). The molecule has 0 saturated heterocycles. The third-order valence-corrected chi connectivity index (χ3v) is 1.70. The van der Waals surface area contributed by atoms with Gasteiger partial charge in [-0.2, -0.15) is 0 Å². The summed E-state index contributed by atoms with van der Waals surface area (Å²) in [5, 5.41) is 19.2. The number of carbonyl (C=O) groups is 3. The summed E-state index contributed by atoms with van der Waals surface area (Å²) in [5.74, 6) is -3.47. The van der Waals surface area contributed by atoms with Gasteiger partial charge in [0.25, 0.3) is 0 Å². The number of carbonyl (C=O) groups excluding carboxylic acids is 1. The van der Waals surface area contributed by atoms with Crippen LogP contribution in [0.5, 0.6) is 0 Å². The van der Waals surface area contributed by atoms with Gasteiger partial charge in [0.05, 0.1) is 6.54 Å². The number of rotatable bonds is 6. The third kappa shape index (κ3) is 2.67. The van der Waals surface area contributed by atoms with Crippen LogP contribution in [0.4, 0.5) is 0 Å². The lowest BCUT2D eigenvalue weighted by Crippen LogP contribution is -2.56. The molecule has 78 valence electrons. The van der Waals surface area contributed by atoms with Crippen molar-refractivity contribution in [3.05, 3.63) is 12.7 Å². The zero-order valence-electron chi connectivity index (χ0n) is 7.61. The quantitative estimate of drug-likeness (QED) is 0.386. The summed E-state index contributed by atoms with van der Waals surface area (Å²) in [6.45, 7) is 3.61. The van der Waals surface area contributed by atoms with E-state index in [0.29, 0.717) is 0 Å². The first-order valence-electron chi connectivity index (χ1n) is 3.71. The van der Waals surface area contributed by atoms with Crippen molar-refractivity contribution < 1.29 is 24.6 Å². The summed E-state index contributed by atoms with van der Waals surface area (Å²) in [5.41, 5.74) is -1.93. The molecule has 14 heavy (non-hydrogen) atoms. The molecule has 1 atom stereocenters. The van der Waals surface area contributed by atoms with Crippen molar-refractivity contribution >= 4 is 17.7 Å². The molecule has 0 heterocycles. The maximum Gasteiger partial charge on any atom is 0.331 e. The SMILES string of the molecule is C=CC(=O)C(C)(NCC(=O)O)C(=O)O. The first-order chi connectivity index (χ1) is 6.34. The first kappa shape index (κ1) is 12.3. The average Bonchev–Trinajstić information content (AvgIpc) is 2.12. The Bertz CT molecular complexity index is 285. The van der Waals surface area contributed by atoms with Gasteiger partial charge in [0, 0.05) is 0 Å². The normalized spacial score (nSPS) is 14.1. The van der Waals surface area contributed by atoms with Gasteiger partial charge in [0.2, 0.25) is 0 Å². The molecule has 0 bridgehead atoms. The Morgan fingerprint density at radius 2 is 1.93 bits per heavy atom. The van der Waals surface area contributed by atoms with Crippen LogP contribution in [0.2, 0.25) is 0 Å². The Kier molecular flexibility index (Phi) is 3.97. The maximum atomic E-state index is 11.1. The van der Waals surface area contributed by atoms with E-state index in [1.807, 2.05) is 0 Å². The van der Waals surface area contributed by atoms with Gasteiger partial charge >= 0.3 is 11.9 Å². The Balaban J connectivity index is 4.73. The lowest BCUT2D eigenvalue weighted by atomic mass is 9.96. The van der Waals surface area contributed by atoms with Crippen LogP contribution in [0.25, 0.3) is 0 Å². The van der Waals surface area contributed by atoms with Crippen LogP contribution >= 0.6 is 0 Å². The fourth-order valence-corrected chi connectivity index (χ4v) is 0.725. The number of hydrogen-bond acceptors (Lipinski definition) is 4. The zero-order chi connectivity index (χ0) is 11.4. The maximum absolute atomic E-state index is 11.1. The van der Waals surface area contributed by atoms with Crippen molar-refractivity contribution in [2.45, 2.75) is 12.5 Å². The molecule has 6 heteroatoms. The largest absolute Gasteiger partial charge is 0.480 e. The van der Waals surface area contributed by atoms with Gasteiger partial charge in [-0.3, -0.25) is 14.9 Å². The molecule has 0 aromatic rings. The van der Waals surface area contributed by atoms with Crippen LogP contribution in [0, 0.1) is 0 Å². The third-order valence-electron chi connectivity index (χ3n) is 1.70. The summed E-state index contributed by atoms with van der Waals surface area (Å²) in [6, 6.07) is 0. The van der Waals surface area contributed by atoms with Crippen LogP contribution in [0.3, 0.4) is 0 Å². The highest BCUT2D eigenvalue weighted by Gasteiger charge is 2.39. The molecule has 0 aliphatic carbocycles. The molecule has 0 radical (unpaired) electrons. The van der Waals surface area contributed by atoms with E-state index in [2.05, 4.69) is 11.9 Å². The van der Waals surface area contributed by atoms with Crippen LogP contribution in [0.1, 0.15) is 6.92 Å². The van der Waals surface area contributed by atoms with Crippen LogP contribution in [-0.2, 0) is 14.4 Å². The molecule has 0 aliphatic rings. The highest BCUT2D eigenvalue weighted by Crippen LogP contribution is 2.06. The molecule has 0 aromatic carbocycles. The second-order valence-corrected chi connectivity index (χ2v) is 2.75. The topological polar surface area (TPSA) is 104 Å². The molecule has 0 amide bonds. The Hall–Kier alpha value is -1.69. The van der Waals surface area contributed by atoms with Crippen molar-refractivity contribution in [2.24, 2.45) is 0 Å². The number of hydrogen-bond donors (Lipinski definition) is 3. The average molecular weight is 201 g/mol. The molecule has 0 aromatic heterocycles. The second kappa shape index (κ2) is 4.52. The molecule has 1 unspecified atom stereocenters. The molecular weight excluding hydrogens is 190 g/mol. The van der Waals surface area contributed by atoms with Crippen molar-refractivity contribution in [1.82, 2.24) is 5.32 Å². The number of ketones is 1. The van der Waals surface area contributed by atoms with Crippen LogP contribution < -0.4 is 5.32 Å². The zero-order valence-corrected chi connectivity index (χ0v) is 7.61. The minimum Gasteiger partial charge on any atom is -0.480 e. The van der Waals surface area contributed by atoms with Gasteiger partial charge in [-0.15, -0.1) is 0 Å². The van der Waals surface area contributed by atoms with Crippen molar-refractivity contribution in [2.75, 3.05) is 6.54 Å². The molecule has 0 aliphatic heterocycles. The minimum atomic E-state index is -1.93. The predicted octanol–water partition coefficient (Wildman–Crippen LogP) is -0.741. The number of carboxylic acid groups (broad SMARTS) is 2. The van der Waals surface area contributed by atoms with E-state index in [0.717, 1.165) is 13.0 Å². The molecule has 0 saturated carbocycles. The van der Waals surface area contributed by atoms with Gasteiger partial charge in [-0.25, -0.2) is 4.79 Å². The number of nitrogens with one attached hydrogen (secondary N) is 1. The minimum absolute atomic E-state index is 0.609. The molecular formula is C8H11NO5. The van der Waals surface area contributed by atoms with E-state index in [1.165, 1.54) is 0 Å². The fourth-order valence-electron chi connectivity index (χ4n) is 0.725. The molecule has 3 N–H and O–H groups in total. The van der Waals surface area contributed by atoms with Crippen molar-refractivity contribution in [3.63, 3.8) is 0 Å². The van der Waals surface area contributed by atoms with Crippen LogP contribution in [-0.4, -0.2) is 40.0 Å². The number of carboxylic acids is 2. The molecule has 0 spiro atoms. The summed E-state index contributed by atoms with van der Waals surface area (Å²) < 4.78 is 0. The Morgan fingerprint density at radius 3 is 2.21 bits per heavy atom. The summed E-state index contributed by atoms with van der Waals surface area (Å²) in [4.78, 5) is 32.0. The van der Waals surface area contributed by atoms with Gasteiger partial charge < -0.3 is 10.2 Å². The number of aliphatic carboxylic acids is 2. The second-order valence-electron chi connectivity index (χ2n) is 2.75. The van der Waals surface area contributed by atoms with E-state index in [-0.39, 0.29) is 0 Å². The highest BCUT2D eigenvalue weighted by molar-refractivity contribution is 6.12. The van der Waals surface area contributed by atoms with E-state index in [4.69, 9.17) is 10.2 Å². The van der Waals surface area contributed by atoms with Crippen molar-refractivity contribution in [1.29, 1.82) is 0 Å². The highest BCUT2D eigenvalue weighted by atomic mass is 16.4. The summed E-state index contributed by atoms with van der Waals surface area (Å²) in [6.07, 6.45) is 0.836. The lowest BCUT2D eigenvalue weighted by Gasteiger charge is -2.21. The first-order valence-corrected chi connectivity index (χ1v) is 3.71. The van der Waals surface area contributed by atoms with Gasteiger partial charge in [-0.05, 0) is 13.0 Å². The van der Waals surface area contributed by atoms with Gasteiger partial charge in [0.15, 0.2) is 11.3 Å². The van der Waals surface area contributed by atoms with E-state index in [9.17, 15) is 14.4 Å². The Labute approximate surface area is 80.2 Å².